The van der Waals surface area contributed by atoms with Crippen LogP contribution in [0.15, 0.2) is 368 Å². The molecule has 133 heavy (non-hydrogen) atoms. The number of rotatable bonds is 5. The molecule has 0 amide bonds. The van der Waals surface area contributed by atoms with Crippen LogP contribution in [0.4, 0.5) is 119 Å². The van der Waals surface area contributed by atoms with Crippen LogP contribution < -0.4 is 154 Å². The Hall–Kier alpha value is -14.8. The summed E-state index contributed by atoms with van der Waals surface area (Å²) >= 11 is 1.98. The number of nitrogens with zero attached hydrogens (tertiary/aromatic N) is 7. The van der Waals surface area contributed by atoms with Crippen molar-refractivity contribution >= 4 is 293 Å². The number of anilines is 21. The van der Waals surface area contributed by atoms with E-state index in [1.54, 1.807) is 0 Å². The van der Waals surface area contributed by atoms with E-state index in [1.165, 1.54) is 244 Å². The van der Waals surface area contributed by atoms with Gasteiger partial charge in [0.1, 0.15) is 0 Å². The van der Waals surface area contributed by atoms with E-state index < -0.39 is 0 Å². The molecule has 0 fully saturated rings. The summed E-state index contributed by atoms with van der Waals surface area (Å²) in [6, 6.07) is 137. The first-order chi connectivity index (χ1) is 65.6. The monoisotopic (exact) mass is 1710 g/mol. The minimum absolute atomic E-state index is 0.00504. The number of benzene rings is 18. The number of ether oxygens (including phenoxy) is 1. The highest BCUT2D eigenvalue weighted by Gasteiger charge is 2.61. The molecule has 0 saturated carbocycles. The molecule has 0 saturated heterocycles. The Bertz CT molecular complexity index is 8310. The van der Waals surface area contributed by atoms with E-state index in [4.69, 9.17) is 4.74 Å². The number of para-hydroxylation sites is 13. The molecule has 0 bridgehead atoms. The molecule has 0 aromatic heterocycles. The lowest BCUT2D eigenvalue weighted by Gasteiger charge is -2.55. The molecular weight excluding hydrogens is 1630 g/mol. The third-order valence-corrected chi connectivity index (χ3v) is 33.4. The van der Waals surface area contributed by atoms with Crippen molar-refractivity contribution in [3.05, 3.63) is 375 Å². The van der Waals surface area contributed by atoms with E-state index in [1.807, 2.05) is 11.8 Å². The summed E-state index contributed by atoms with van der Waals surface area (Å²) in [4.78, 5) is 21.1. The van der Waals surface area contributed by atoms with Gasteiger partial charge < -0.3 is 39.0 Å². The van der Waals surface area contributed by atoms with E-state index in [0.29, 0.717) is 17.8 Å². The topological polar surface area (TPSA) is 31.9 Å². The second-order valence-corrected chi connectivity index (χ2v) is 40.6. The molecule has 16 heteroatoms. The van der Waals surface area contributed by atoms with Crippen molar-refractivity contribution in [2.75, 3.05) is 34.3 Å². The number of fused-ring (bicyclic) bond motifs is 40. The summed E-state index contributed by atoms with van der Waals surface area (Å²) in [6.07, 6.45) is 0. The zero-order valence-corrected chi connectivity index (χ0v) is 75.1. The van der Waals surface area contributed by atoms with Gasteiger partial charge in [-0.15, -0.1) is 0 Å². The van der Waals surface area contributed by atoms with E-state index in [2.05, 4.69) is 434 Å². The van der Waals surface area contributed by atoms with Gasteiger partial charge >= 0.3 is 0 Å². The van der Waals surface area contributed by atoms with E-state index in [-0.39, 0.29) is 47.0 Å². The average Bonchev–Trinajstić information content (AvgIpc) is 0.649. The van der Waals surface area contributed by atoms with Crippen molar-refractivity contribution in [1.82, 2.24) is 0 Å². The Balaban J connectivity index is 0.000000126. The summed E-state index contributed by atoms with van der Waals surface area (Å²) in [7, 11) is 0. The van der Waals surface area contributed by atoms with Crippen LogP contribution in [-0.4, -0.2) is 47.0 Å². The van der Waals surface area contributed by atoms with Crippen LogP contribution in [0.2, 0.25) is 0 Å². The predicted octanol–water partition coefficient (Wildman–Crippen LogP) is 15.0. The Morgan fingerprint density at radius 1 is 0.195 bits per heavy atom. The fraction of sp³-hybridized carbons (Fsp3) is 0.0769. The van der Waals surface area contributed by atoms with Crippen LogP contribution in [0.3, 0.4) is 0 Å². The van der Waals surface area contributed by atoms with Gasteiger partial charge in [-0.3, -0.25) is 0 Å². The maximum Gasteiger partial charge on any atom is 0.252 e. The molecule has 0 atom stereocenters. The van der Waals surface area contributed by atoms with Crippen LogP contribution in [0.5, 0.6) is 11.5 Å². The van der Waals surface area contributed by atoms with Crippen LogP contribution in [-0.2, 0) is 0 Å². The molecule has 616 valence electrons. The molecule has 14 aliphatic heterocycles. The van der Waals surface area contributed by atoms with Crippen LogP contribution in [0.1, 0.15) is 76.0 Å². The molecule has 8 nitrogen and oxygen atoms in total. The van der Waals surface area contributed by atoms with Crippen LogP contribution in [0, 0.1) is 0 Å². The van der Waals surface area contributed by atoms with Crippen LogP contribution in [0.25, 0.3) is 0 Å². The maximum atomic E-state index is 7.01. The molecular formula is C117H80B7N7OS. The first-order valence-corrected chi connectivity index (χ1v) is 48.5. The summed E-state index contributed by atoms with van der Waals surface area (Å²) < 4.78 is 7.01. The van der Waals surface area contributed by atoms with E-state index >= 15 is 0 Å². The number of hydrogen-bond donors (Lipinski definition) is 0. The summed E-state index contributed by atoms with van der Waals surface area (Å²) in [5.74, 6) is 2.88. The minimum atomic E-state index is -0.0417. The first kappa shape index (κ1) is 73.9. The first-order valence-electron chi connectivity index (χ1n) is 47.7. The van der Waals surface area contributed by atoms with Crippen molar-refractivity contribution in [1.29, 1.82) is 0 Å². The smallest absolute Gasteiger partial charge is 0.252 e. The van der Waals surface area contributed by atoms with Gasteiger partial charge in [-0.25, -0.2) is 0 Å². The minimum Gasteiger partial charge on any atom is -0.453 e. The van der Waals surface area contributed by atoms with Crippen molar-refractivity contribution in [2.45, 2.75) is 69.1 Å². The second kappa shape index (κ2) is 26.5. The van der Waals surface area contributed by atoms with Crippen LogP contribution >= 0.6 is 11.8 Å². The molecule has 18 aromatic rings. The lowest BCUT2D eigenvalue weighted by Crippen LogP contribution is -2.75. The predicted molar refractivity (Wildman–Crippen MR) is 568 cm³/mol. The molecule has 0 spiro atoms. The fourth-order valence-electron chi connectivity index (χ4n) is 27.3. The van der Waals surface area contributed by atoms with Gasteiger partial charge in [-0.05, 0) is 236 Å². The molecule has 0 unspecified atom stereocenters. The third kappa shape index (κ3) is 9.28. The SMILES string of the molecule is CC(C)c1cc(C(C)C)c(B2c3ccccc3Sc3cc4c(cc32)B2c3ccccc3N3c5ccccc5B5c6ccccc6N6c7ccccc7B7c8ccccc8N4c4c7c6c5c3c42)c(C(C)C)c1.c1ccc(N2c3ccccc3Oc3cc4c(cc32)B2c3ccccc3N3c5ccccc5B5c6ccccc6N6c7ccccc7B7c8ccccc8N4c4c7c6c5c3c42)cc1. The number of hydrogen-bond acceptors (Lipinski definition) is 9. The Kier molecular flexibility index (Phi) is 14.7. The maximum absolute atomic E-state index is 7.01. The standard InChI is InChI=1S/C63H49B4N3S.C54H31B3N4O/c1-35(2)38-31-39(36(3)4)57(40(32-38)37(5)6)67-46-24-12-18-30-55(46)71-56-34-54-47(33-48(56)67)66-45-23-11-16-28-52(45)69-51-27-15-8-20-42(51)64-41-19-7-13-25-49(41)68-50-26-14-9-21-43(50)65-44-22-10-17-29-53(44)70(54)63-59(65)61(68)58(64)62(69)60(63)66;1-2-16-32(17-3-1)58-44-28-14-15-29-47(44)62-48-31-45-38(30-46(48)58)57-37-22-8-12-26-42(37)60-41-25-11-5-19-34(41)55-33-18-4-9-23-39(33)59-40-24-10-6-20-35(40)56-36-21-7-13-27-43(36)61(45)54-50(56)52(59)49(55)53(60)51(54)57/h7-37H,1-6H3;1-31H. The fourth-order valence-corrected chi connectivity index (χ4v) is 28.4. The van der Waals surface area contributed by atoms with Gasteiger partial charge in [-0.2, -0.15) is 0 Å². The van der Waals surface area contributed by atoms with Gasteiger partial charge in [0.05, 0.1) is 11.4 Å². The highest BCUT2D eigenvalue weighted by molar-refractivity contribution is 8.00. The molecule has 18 aromatic carbocycles. The van der Waals surface area contributed by atoms with Gasteiger partial charge in [0, 0.05) is 124 Å². The molecule has 32 rings (SSSR count). The van der Waals surface area contributed by atoms with Gasteiger partial charge in [0.25, 0.3) is 40.3 Å². The van der Waals surface area contributed by atoms with E-state index in [0.717, 1.165) is 28.6 Å². The normalized spacial score (nSPS) is 15.0. The lowest BCUT2D eigenvalue weighted by atomic mass is 9.24. The highest BCUT2D eigenvalue weighted by atomic mass is 32.2. The highest BCUT2D eigenvalue weighted by Crippen LogP contribution is 2.58. The Labute approximate surface area is 781 Å². The molecule has 0 aliphatic carbocycles. The third-order valence-electron chi connectivity index (χ3n) is 32.2. The Morgan fingerprint density at radius 3 is 0.820 bits per heavy atom. The molecule has 0 radical (unpaired) electrons. The summed E-state index contributed by atoms with van der Waals surface area (Å²) in [5, 5.41) is 0. The van der Waals surface area contributed by atoms with E-state index in [9.17, 15) is 0 Å². The zero-order valence-electron chi connectivity index (χ0n) is 74.3. The summed E-state index contributed by atoms with van der Waals surface area (Å²) in [6.45, 7) is 14.7. The van der Waals surface area contributed by atoms with Crippen molar-refractivity contribution in [3.63, 3.8) is 0 Å². The quantitative estimate of drug-likeness (QED) is 0.157. The Morgan fingerprint density at radius 2 is 0.474 bits per heavy atom. The largest absolute Gasteiger partial charge is 0.453 e. The van der Waals surface area contributed by atoms with Crippen molar-refractivity contribution in [2.24, 2.45) is 0 Å². The van der Waals surface area contributed by atoms with Crippen molar-refractivity contribution in [3.8, 4) is 11.5 Å². The van der Waals surface area contributed by atoms with Crippen molar-refractivity contribution < 1.29 is 4.74 Å². The van der Waals surface area contributed by atoms with Gasteiger partial charge in [0.2, 0.25) is 6.71 Å². The zero-order chi connectivity index (χ0) is 87.2. The molecule has 14 aliphatic rings. The second-order valence-electron chi connectivity index (χ2n) is 39.5. The molecule has 0 N–H and O–H groups in total. The molecule has 14 heterocycles. The summed E-state index contributed by atoms with van der Waals surface area (Å²) in [5.41, 5.74) is 60.1. The lowest BCUT2D eigenvalue weighted by molar-refractivity contribution is 0.477. The van der Waals surface area contributed by atoms with Gasteiger partial charge in [-0.1, -0.05) is 318 Å². The van der Waals surface area contributed by atoms with Gasteiger partial charge in [0.15, 0.2) is 11.5 Å². The average molecular weight is 1710 g/mol.